The fourth-order valence-electron chi connectivity index (χ4n) is 3.37. The maximum Gasteiger partial charge on any atom is 0.495 e. The first-order chi connectivity index (χ1) is 11.2. The Bertz CT molecular complexity index is 579. The molecule has 0 amide bonds. The third-order valence-corrected chi connectivity index (χ3v) is 5.68. The van der Waals surface area contributed by atoms with Gasteiger partial charge in [0.05, 0.1) is 11.2 Å². The summed E-state index contributed by atoms with van der Waals surface area (Å²) in [5, 5.41) is 3.41. The SMILES string of the molecule is CC(C)c1cc(N2CCNCC2)ccc1B1OC(C)(C)C(C)(C)O1. The van der Waals surface area contributed by atoms with Gasteiger partial charge in [0.25, 0.3) is 0 Å². The van der Waals surface area contributed by atoms with Crippen LogP contribution in [0.15, 0.2) is 18.2 Å². The zero-order valence-corrected chi connectivity index (χ0v) is 16.0. The van der Waals surface area contributed by atoms with Crippen LogP contribution in [0.1, 0.15) is 53.0 Å². The molecule has 0 aromatic heterocycles. The van der Waals surface area contributed by atoms with E-state index in [1.54, 1.807) is 0 Å². The minimum Gasteiger partial charge on any atom is -0.399 e. The Balaban J connectivity index is 1.91. The Kier molecular flexibility index (Phi) is 4.71. The highest BCUT2D eigenvalue weighted by atomic mass is 16.7. The first-order valence-corrected chi connectivity index (χ1v) is 9.16. The van der Waals surface area contributed by atoms with Crippen LogP contribution in [0, 0.1) is 0 Å². The van der Waals surface area contributed by atoms with Gasteiger partial charge in [-0.2, -0.15) is 0 Å². The normalized spacial score (nSPS) is 23.1. The minimum atomic E-state index is -0.302. The van der Waals surface area contributed by atoms with Crippen molar-refractivity contribution in [3.63, 3.8) is 0 Å². The fourth-order valence-corrected chi connectivity index (χ4v) is 3.37. The van der Waals surface area contributed by atoms with Gasteiger partial charge in [0, 0.05) is 31.9 Å². The van der Waals surface area contributed by atoms with E-state index in [0.717, 1.165) is 26.2 Å². The monoisotopic (exact) mass is 330 g/mol. The molecule has 0 bridgehead atoms. The van der Waals surface area contributed by atoms with Crippen LogP contribution in [0.3, 0.4) is 0 Å². The predicted molar refractivity (Wildman–Crippen MR) is 101 cm³/mol. The van der Waals surface area contributed by atoms with Gasteiger partial charge >= 0.3 is 7.12 Å². The molecule has 2 saturated heterocycles. The number of nitrogens with one attached hydrogen (secondary N) is 1. The van der Waals surface area contributed by atoms with Gasteiger partial charge in [0.15, 0.2) is 0 Å². The van der Waals surface area contributed by atoms with Crippen molar-refractivity contribution in [2.45, 2.75) is 58.7 Å². The molecule has 0 saturated carbocycles. The summed E-state index contributed by atoms with van der Waals surface area (Å²) in [7, 11) is -0.288. The molecule has 24 heavy (non-hydrogen) atoms. The summed E-state index contributed by atoms with van der Waals surface area (Å²) in [5.74, 6) is 0.432. The summed E-state index contributed by atoms with van der Waals surface area (Å²) >= 11 is 0. The Hall–Kier alpha value is -1.04. The molecule has 0 aliphatic carbocycles. The van der Waals surface area contributed by atoms with Crippen LogP contribution in [-0.2, 0) is 9.31 Å². The highest BCUT2D eigenvalue weighted by Crippen LogP contribution is 2.37. The van der Waals surface area contributed by atoms with E-state index in [1.807, 2.05) is 0 Å². The van der Waals surface area contributed by atoms with Crippen molar-refractivity contribution in [3.05, 3.63) is 23.8 Å². The van der Waals surface area contributed by atoms with Crippen LogP contribution >= 0.6 is 0 Å². The molecule has 2 aliphatic heterocycles. The molecule has 0 atom stereocenters. The maximum absolute atomic E-state index is 6.28. The third kappa shape index (κ3) is 3.22. The van der Waals surface area contributed by atoms with Gasteiger partial charge in [-0.15, -0.1) is 0 Å². The molecule has 132 valence electrons. The van der Waals surface area contributed by atoms with Crippen molar-refractivity contribution in [1.29, 1.82) is 0 Å². The number of piperazine rings is 1. The maximum atomic E-state index is 6.28. The van der Waals surface area contributed by atoms with Crippen molar-refractivity contribution in [2.75, 3.05) is 31.1 Å². The quantitative estimate of drug-likeness (QED) is 0.864. The molecule has 5 heteroatoms. The molecule has 2 heterocycles. The predicted octanol–water partition coefficient (Wildman–Crippen LogP) is 2.52. The fraction of sp³-hybridized carbons (Fsp3) is 0.684. The van der Waals surface area contributed by atoms with E-state index >= 15 is 0 Å². The lowest BCUT2D eigenvalue weighted by Gasteiger charge is -2.32. The average Bonchev–Trinajstić information content (AvgIpc) is 2.75. The van der Waals surface area contributed by atoms with E-state index in [2.05, 4.69) is 70.0 Å². The number of nitrogens with zero attached hydrogens (tertiary/aromatic N) is 1. The van der Waals surface area contributed by atoms with Crippen molar-refractivity contribution in [3.8, 4) is 0 Å². The Labute approximate surface area is 147 Å². The molecule has 3 rings (SSSR count). The molecule has 4 nitrogen and oxygen atoms in total. The summed E-state index contributed by atoms with van der Waals surface area (Å²) in [4.78, 5) is 2.45. The smallest absolute Gasteiger partial charge is 0.399 e. The molecule has 0 unspecified atom stereocenters. The molecule has 2 aliphatic rings. The second-order valence-corrected chi connectivity index (χ2v) is 8.29. The van der Waals surface area contributed by atoms with E-state index in [4.69, 9.17) is 9.31 Å². The van der Waals surface area contributed by atoms with Gasteiger partial charge in [-0.05, 0) is 56.8 Å². The van der Waals surface area contributed by atoms with Gasteiger partial charge < -0.3 is 19.5 Å². The van der Waals surface area contributed by atoms with Crippen LogP contribution in [-0.4, -0.2) is 44.5 Å². The molecule has 1 aromatic rings. The lowest BCUT2D eigenvalue weighted by Crippen LogP contribution is -2.44. The van der Waals surface area contributed by atoms with E-state index in [1.165, 1.54) is 16.7 Å². The number of rotatable bonds is 3. The van der Waals surface area contributed by atoms with Crippen LogP contribution in [0.4, 0.5) is 5.69 Å². The molecule has 1 aromatic carbocycles. The van der Waals surface area contributed by atoms with Crippen LogP contribution in [0.2, 0.25) is 0 Å². The second-order valence-electron chi connectivity index (χ2n) is 8.29. The minimum absolute atomic E-state index is 0.288. The Morgan fingerprint density at radius 2 is 1.62 bits per heavy atom. The summed E-state index contributed by atoms with van der Waals surface area (Å²) in [5.41, 5.74) is 3.19. The first kappa shape index (κ1) is 17.8. The van der Waals surface area contributed by atoms with Crippen molar-refractivity contribution < 1.29 is 9.31 Å². The third-order valence-electron chi connectivity index (χ3n) is 5.68. The van der Waals surface area contributed by atoms with E-state index in [0.29, 0.717) is 5.92 Å². The lowest BCUT2D eigenvalue weighted by molar-refractivity contribution is 0.00578. The van der Waals surface area contributed by atoms with Gasteiger partial charge in [-0.1, -0.05) is 19.9 Å². The summed E-state index contributed by atoms with van der Waals surface area (Å²) in [6.45, 7) is 17.1. The van der Waals surface area contributed by atoms with Gasteiger partial charge in [-0.25, -0.2) is 0 Å². The summed E-state index contributed by atoms with van der Waals surface area (Å²) in [6.07, 6.45) is 0. The lowest BCUT2D eigenvalue weighted by atomic mass is 9.73. The summed E-state index contributed by atoms with van der Waals surface area (Å²) < 4.78 is 12.6. The topological polar surface area (TPSA) is 33.7 Å². The number of benzene rings is 1. The highest BCUT2D eigenvalue weighted by molar-refractivity contribution is 6.62. The molecule has 0 radical (unpaired) electrons. The summed E-state index contributed by atoms with van der Waals surface area (Å²) in [6, 6.07) is 6.75. The van der Waals surface area contributed by atoms with Crippen molar-refractivity contribution in [1.82, 2.24) is 5.32 Å². The van der Waals surface area contributed by atoms with Gasteiger partial charge in [0.1, 0.15) is 0 Å². The van der Waals surface area contributed by atoms with E-state index in [-0.39, 0.29) is 18.3 Å². The van der Waals surface area contributed by atoms with Crippen LogP contribution in [0.5, 0.6) is 0 Å². The number of anilines is 1. The van der Waals surface area contributed by atoms with Gasteiger partial charge in [-0.3, -0.25) is 0 Å². The second kappa shape index (κ2) is 6.36. The largest absolute Gasteiger partial charge is 0.495 e. The molecular weight excluding hydrogens is 299 g/mol. The molecule has 1 N–H and O–H groups in total. The highest BCUT2D eigenvalue weighted by Gasteiger charge is 2.52. The van der Waals surface area contributed by atoms with Crippen LogP contribution < -0.4 is 15.7 Å². The average molecular weight is 330 g/mol. The number of hydrogen-bond donors (Lipinski definition) is 1. The zero-order chi connectivity index (χ0) is 17.5. The van der Waals surface area contributed by atoms with Crippen molar-refractivity contribution in [2.24, 2.45) is 0 Å². The zero-order valence-electron chi connectivity index (χ0n) is 16.0. The van der Waals surface area contributed by atoms with E-state index < -0.39 is 0 Å². The van der Waals surface area contributed by atoms with Crippen LogP contribution in [0.25, 0.3) is 0 Å². The van der Waals surface area contributed by atoms with E-state index in [9.17, 15) is 0 Å². The molecule has 2 fully saturated rings. The van der Waals surface area contributed by atoms with Crippen molar-refractivity contribution >= 4 is 18.3 Å². The number of hydrogen-bond acceptors (Lipinski definition) is 4. The molecular formula is C19H31BN2O2. The molecule has 0 spiro atoms. The Morgan fingerprint density at radius 3 is 2.17 bits per heavy atom. The Morgan fingerprint density at radius 1 is 1.04 bits per heavy atom. The first-order valence-electron chi connectivity index (χ1n) is 9.16. The van der Waals surface area contributed by atoms with Gasteiger partial charge in [0.2, 0.25) is 0 Å². The standard InChI is InChI=1S/C19H31BN2O2/c1-14(2)16-13-15(22-11-9-21-10-12-22)7-8-17(16)20-23-18(3,4)19(5,6)24-20/h7-8,13-14,21H,9-12H2,1-6H3.